The molecule has 2 aliphatic rings. The second-order valence-corrected chi connectivity index (χ2v) is 6.33. The molecule has 5 nitrogen and oxygen atoms in total. The summed E-state index contributed by atoms with van der Waals surface area (Å²) >= 11 is 0. The molecule has 1 heterocycles. The topological polar surface area (TPSA) is 67.6 Å². The lowest BCUT2D eigenvalue weighted by Crippen LogP contribution is -2.66. The van der Waals surface area contributed by atoms with Crippen LogP contribution < -0.4 is 11.1 Å². The van der Waals surface area contributed by atoms with Gasteiger partial charge in [-0.05, 0) is 47.0 Å². The van der Waals surface area contributed by atoms with E-state index in [1.807, 2.05) is 13.8 Å². The molecule has 1 aliphatic carbocycles. The summed E-state index contributed by atoms with van der Waals surface area (Å²) in [6, 6.07) is 0.846. The molecule has 0 aromatic rings. The molecule has 0 aromatic heterocycles. The minimum atomic E-state index is -0.0995. The molecule has 6 unspecified atom stereocenters. The van der Waals surface area contributed by atoms with Gasteiger partial charge in [-0.1, -0.05) is 0 Å². The van der Waals surface area contributed by atoms with E-state index in [9.17, 15) is 4.79 Å². The maximum absolute atomic E-state index is 12.5. The van der Waals surface area contributed by atoms with E-state index in [0.717, 1.165) is 6.42 Å². The largest absolute Gasteiger partial charge is 0.376 e. The van der Waals surface area contributed by atoms with Crippen molar-refractivity contribution in [2.45, 2.75) is 83.3 Å². The van der Waals surface area contributed by atoms with Crippen LogP contribution in [0.15, 0.2) is 0 Å². The summed E-state index contributed by atoms with van der Waals surface area (Å²) in [5.41, 5.74) is 5.99. The first-order valence-corrected chi connectivity index (χ1v) is 7.90. The number of carbonyl (C=O) groups is 1. The molecule has 0 bridgehead atoms. The number of carbonyl (C=O) groups excluding carboxylic acids is 1. The smallest absolute Gasteiger partial charge is 0.237 e. The Kier molecular flexibility index (Phi) is 5.04. The van der Waals surface area contributed by atoms with E-state index in [1.165, 1.54) is 12.8 Å². The Bertz CT molecular complexity index is 338. The van der Waals surface area contributed by atoms with Crippen molar-refractivity contribution in [2.75, 3.05) is 6.61 Å². The second kappa shape index (κ2) is 6.41. The molecule has 1 saturated carbocycles. The van der Waals surface area contributed by atoms with Gasteiger partial charge in [-0.3, -0.25) is 9.69 Å². The standard InChI is InChI=1S/C15H29N3O2/c1-5-20-13-8-12(16)14(13)17-15(19)11(4)18-9(2)6-7-10(18)3/h9-14H,5-8,16H2,1-4H3,(H,17,19). The van der Waals surface area contributed by atoms with Crippen LogP contribution in [0.3, 0.4) is 0 Å². The summed E-state index contributed by atoms with van der Waals surface area (Å²) in [5.74, 6) is 0.0791. The van der Waals surface area contributed by atoms with Crippen LogP contribution in [0.2, 0.25) is 0 Å². The molecule has 0 aromatic carbocycles. The first-order valence-electron chi connectivity index (χ1n) is 7.90. The van der Waals surface area contributed by atoms with Gasteiger partial charge in [0.05, 0.1) is 18.2 Å². The molecular weight excluding hydrogens is 254 g/mol. The Morgan fingerprint density at radius 3 is 2.50 bits per heavy atom. The summed E-state index contributed by atoms with van der Waals surface area (Å²) in [6.07, 6.45) is 3.26. The highest BCUT2D eigenvalue weighted by molar-refractivity contribution is 5.82. The molecule has 1 amide bonds. The molecule has 2 fully saturated rings. The van der Waals surface area contributed by atoms with Crippen molar-refractivity contribution in [3.8, 4) is 0 Å². The van der Waals surface area contributed by atoms with Crippen molar-refractivity contribution in [2.24, 2.45) is 5.73 Å². The Balaban J connectivity index is 1.90. The number of nitrogens with zero attached hydrogens (tertiary/aromatic N) is 1. The molecule has 20 heavy (non-hydrogen) atoms. The number of hydrogen-bond acceptors (Lipinski definition) is 4. The summed E-state index contributed by atoms with van der Waals surface area (Å²) in [7, 11) is 0. The number of likely N-dealkylation sites (tertiary alicyclic amines) is 1. The number of nitrogens with two attached hydrogens (primary N) is 1. The van der Waals surface area contributed by atoms with Gasteiger partial charge in [-0.15, -0.1) is 0 Å². The maximum Gasteiger partial charge on any atom is 0.237 e. The van der Waals surface area contributed by atoms with Crippen LogP contribution in [-0.4, -0.2) is 53.7 Å². The van der Waals surface area contributed by atoms with E-state index < -0.39 is 0 Å². The lowest BCUT2D eigenvalue weighted by Gasteiger charge is -2.43. The van der Waals surface area contributed by atoms with Gasteiger partial charge < -0.3 is 15.8 Å². The Morgan fingerprint density at radius 1 is 1.40 bits per heavy atom. The van der Waals surface area contributed by atoms with Gasteiger partial charge in [0.2, 0.25) is 5.91 Å². The van der Waals surface area contributed by atoms with Crippen LogP contribution >= 0.6 is 0 Å². The van der Waals surface area contributed by atoms with Crippen LogP contribution in [0.1, 0.15) is 47.0 Å². The number of amides is 1. The van der Waals surface area contributed by atoms with Crippen LogP contribution in [0, 0.1) is 0 Å². The molecule has 5 heteroatoms. The number of ether oxygens (including phenoxy) is 1. The Morgan fingerprint density at radius 2 is 2.00 bits per heavy atom. The average molecular weight is 283 g/mol. The highest BCUT2D eigenvalue weighted by atomic mass is 16.5. The average Bonchev–Trinajstić information content (AvgIpc) is 2.74. The van der Waals surface area contributed by atoms with E-state index in [1.54, 1.807) is 0 Å². The van der Waals surface area contributed by atoms with Gasteiger partial charge >= 0.3 is 0 Å². The lowest BCUT2D eigenvalue weighted by atomic mass is 9.83. The van der Waals surface area contributed by atoms with Crippen LogP contribution in [0.5, 0.6) is 0 Å². The van der Waals surface area contributed by atoms with Gasteiger partial charge in [0.15, 0.2) is 0 Å². The Labute approximate surface area is 122 Å². The minimum Gasteiger partial charge on any atom is -0.376 e. The van der Waals surface area contributed by atoms with Gasteiger partial charge in [0.25, 0.3) is 0 Å². The summed E-state index contributed by atoms with van der Waals surface area (Å²) in [5, 5.41) is 3.09. The second-order valence-electron chi connectivity index (χ2n) is 6.33. The normalized spacial score (nSPS) is 39.4. The Hall–Kier alpha value is -0.650. The van der Waals surface area contributed by atoms with Crippen molar-refractivity contribution >= 4 is 5.91 Å². The molecule has 1 saturated heterocycles. The quantitative estimate of drug-likeness (QED) is 0.785. The number of nitrogens with one attached hydrogen (secondary N) is 1. The highest BCUT2D eigenvalue weighted by Crippen LogP contribution is 2.27. The molecular formula is C15H29N3O2. The third kappa shape index (κ3) is 3.00. The van der Waals surface area contributed by atoms with Crippen molar-refractivity contribution in [3.05, 3.63) is 0 Å². The van der Waals surface area contributed by atoms with Gasteiger partial charge in [-0.2, -0.15) is 0 Å². The molecule has 116 valence electrons. The molecule has 6 atom stereocenters. The zero-order valence-electron chi connectivity index (χ0n) is 13.1. The van der Waals surface area contributed by atoms with Crippen molar-refractivity contribution in [1.82, 2.24) is 10.2 Å². The summed E-state index contributed by atoms with van der Waals surface area (Å²) in [6.45, 7) is 9.03. The fourth-order valence-electron chi connectivity index (χ4n) is 3.63. The third-order valence-electron chi connectivity index (χ3n) is 4.90. The van der Waals surface area contributed by atoms with Crippen LogP contribution in [0.4, 0.5) is 0 Å². The van der Waals surface area contributed by atoms with Gasteiger partial charge in [0, 0.05) is 24.7 Å². The number of rotatable bonds is 5. The van der Waals surface area contributed by atoms with Crippen LogP contribution in [0.25, 0.3) is 0 Å². The van der Waals surface area contributed by atoms with E-state index in [4.69, 9.17) is 10.5 Å². The highest BCUT2D eigenvalue weighted by Gasteiger charge is 2.42. The molecule has 3 N–H and O–H groups in total. The van der Waals surface area contributed by atoms with E-state index in [-0.39, 0.29) is 30.1 Å². The maximum atomic E-state index is 12.5. The van der Waals surface area contributed by atoms with E-state index in [0.29, 0.717) is 18.7 Å². The van der Waals surface area contributed by atoms with Gasteiger partial charge in [-0.25, -0.2) is 0 Å². The first kappa shape index (κ1) is 15.7. The summed E-state index contributed by atoms with van der Waals surface area (Å²) in [4.78, 5) is 14.8. The fourth-order valence-corrected chi connectivity index (χ4v) is 3.63. The van der Waals surface area contributed by atoms with Crippen LogP contribution in [-0.2, 0) is 9.53 Å². The first-order chi connectivity index (χ1) is 9.45. The predicted molar refractivity (Wildman–Crippen MR) is 79.4 cm³/mol. The fraction of sp³-hybridized carbons (Fsp3) is 0.933. The van der Waals surface area contributed by atoms with E-state index >= 15 is 0 Å². The third-order valence-corrected chi connectivity index (χ3v) is 4.90. The zero-order chi connectivity index (χ0) is 14.9. The molecule has 2 rings (SSSR count). The molecule has 1 aliphatic heterocycles. The molecule has 0 spiro atoms. The predicted octanol–water partition coefficient (Wildman–Crippen LogP) is 0.869. The lowest BCUT2D eigenvalue weighted by molar-refractivity contribution is -0.131. The monoisotopic (exact) mass is 283 g/mol. The van der Waals surface area contributed by atoms with Crippen molar-refractivity contribution < 1.29 is 9.53 Å². The van der Waals surface area contributed by atoms with Crippen molar-refractivity contribution in [1.29, 1.82) is 0 Å². The van der Waals surface area contributed by atoms with Gasteiger partial charge in [0.1, 0.15) is 0 Å². The number of hydrogen-bond donors (Lipinski definition) is 2. The molecule has 0 radical (unpaired) electrons. The van der Waals surface area contributed by atoms with E-state index in [2.05, 4.69) is 24.1 Å². The zero-order valence-corrected chi connectivity index (χ0v) is 13.1. The van der Waals surface area contributed by atoms with Crippen molar-refractivity contribution in [3.63, 3.8) is 0 Å². The SMILES string of the molecule is CCOC1CC(N)C1NC(=O)C(C)N1C(C)CCC1C. The summed E-state index contributed by atoms with van der Waals surface area (Å²) < 4.78 is 5.60. The minimum absolute atomic E-state index is 0.0242.